The minimum absolute atomic E-state index is 0.0119. The van der Waals surface area contributed by atoms with E-state index in [9.17, 15) is 13.2 Å². The molecule has 2 heterocycles. The van der Waals surface area contributed by atoms with Gasteiger partial charge in [-0.25, -0.2) is 8.42 Å². The van der Waals surface area contributed by atoms with Crippen molar-refractivity contribution in [2.45, 2.75) is 14.1 Å². The molecule has 27 heavy (non-hydrogen) atoms. The Morgan fingerprint density at radius 1 is 1.22 bits per heavy atom. The first-order valence-electron chi connectivity index (χ1n) is 7.90. The van der Waals surface area contributed by atoms with Crippen molar-refractivity contribution < 1.29 is 17.9 Å². The van der Waals surface area contributed by atoms with E-state index >= 15 is 0 Å². The Morgan fingerprint density at radius 2 is 1.96 bits per heavy atom. The van der Waals surface area contributed by atoms with Crippen LogP contribution in [0.15, 0.2) is 32.3 Å². The summed E-state index contributed by atoms with van der Waals surface area (Å²) in [6.07, 6.45) is 3.69. The molecule has 0 spiro atoms. The Kier molecular flexibility index (Phi) is 6.63. The first-order chi connectivity index (χ1) is 12.9. The number of aromatic nitrogens is 2. The molecule has 1 aliphatic heterocycles. The predicted octanol–water partition coefficient (Wildman–Crippen LogP) is 2.26. The van der Waals surface area contributed by atoms with E-state index < -0.39 is 10.0 Å². The number of ether oxygens (including phenoxy) is 1. The van der Waals surface area contributed by atoms with Gasteiger partial charge in [0.15, 0.2) is 4.34 Å². The van der Waals surface area contributed by atoms with Gasteiger partial charge in [-0.1, -0.05) is 23.1 Å². The van der Waals surface area contributed by atoms with E-state index in [0.29, 0.717) is 36.2 Å². The van der Waals surface area contributed by atoms with Crippen LogP contribution in [0.5, 0.6) is 0 Å². The van der Waals surface area contributed by atoms with Gasteiger partial charge >= 0.3 is 0 Å². The van der Waals surface area contributed by atoms with Gasteiger partial charge in [-0.15, -0.1) is 22.0 Å². The van der Waals surface area contributed by atoms with Gasteiger partial charge < -0.3 is 9.64 Å². The van der Waals surface area contributed by atoms with Crippen LogP contribution in [0.25, 0.3) is 0 Å². The molecular weight excluding hydrogens is 428 g/mol. The van der Waals surface area contributed by atoms with Crippen molar-refractivity contribution in [1.29, 1.82) is 0 Å². The molecule has 1 aromatic heterocycles. The summed E-state index contributed by atoms with van der Waals surface area (Å²) >= 11 is 3.94. The van der Waals surface area contributed by atoms with Crippen molar-refractivity contribution in [2.24, 2.45) is 0 Å². The topological polar surface area (TPSA) is 101 Å². The highest BCUT2D eigenvalue weighted by molar-refractivity contribution is 8.00. The fourth-order valence-corrected chi connectivity index (χ4v) is 5.46. The fraction of sp³-hybridized carbons (Fsp3) is 0.400. The molecule has 1 N–H and O–H groups in total. The molecule has 146 valence electrons. The van der Waals surface area contributed by atoms with Crippen LogP contribution in [0.3, 0.4) is 0 Å². The smallest absolute Gasteiger partial charge is 0.263 e. The highest BCUT2D eigenvalue weighted by Crippen LogP contribution is 2.28. The van der Waals surface area contributed by atoms with Crippen molar-refractivity contribution in [2.75, 3.05) is 43.5 Å². The van der Waals surface area contributed by atoms with E-state index in [1.807, 2.05) is 12.5 Å². The van der Waals surface area contributed by atoms with Gasteiger partial charge in [0, 0.05) is 18.0 Å². The Hall–Kier alpha value is -1.34. The molecule has 1 saturated heterocycles. The maximum absolute atomic E-state index is 12.9. The zero-order chi connectivity index (χ0) is 19.4. The van der Waals surface area contributed by atoms with E-state index in [1.54, 1.807) is 11.0 Å². The minimum Gasteiger partial charge on any atom is -0.378 e. The van der Waals surface area contributed by atoms with Gasteiger partial charge in [-0.05, 0) is 30.7 Å². The number of carbonyl (C=O) groups excluding carboxylic acids is 1. The predicted molar refractivity (Wildman–Crippen MR) is 107 cm³/mol. The summed E-state index contributed by atoms with van der Waals surface area (Å²) in [5.41, 5.74) is 0.370. The van der Waals surface area contributed by atoms with E-state index in [1.165, 1.54) is 35.7 Å². The summed E-state index contributed by atoms with van der Waals surface area (Å²) in [4.78, 5) is 15.3. The minimum atomic E-state index is -3.88. The molecule has 1 amide bonds. The number of anilines is 1. The van der Waals surface area contributed by atoms with Crippen LogP contribution in [0, 0.1) is 0 Å². The van der Waals surface area contributed by atoms with E-state index in [2.05, 4.69) is 14.9 Å². The standard InChI is InChI=1S/C15H18N4O4S4/c1-24-12-4-3-10(9-11(12)13(20)19-5-7-23-8-6-19)27(21,22)18-14-16-17-15(25-2)26-14/h3-4,9H,5-8H2,1-2H3,(H,16,18). The molecule has 1 fully saturated rings. The molecule has 8 nitrogen and oxygen atoms in total. The summed E-state index contributed by atoms with van der Waals surface area (Å²) in [6.45, 7) is 1.94. The number of carbonyl (C=O) groups is 1. The second-order valence-corrected chi connectivity index (χ2v) is 10.0. The first-order valence-corrected chi connectivity index (χ1v) is 12.6. The highest BCUT2D eigenvalue weighted by Gasteiger charge is 2.24. The SMILES string of the molecule is CSc1nnc(NS(=O)(=O)c2ccc(SC)c(C(=O)N3CCOCC3)c2)s1. The monoisotopic (exact) mass is 446 g/mol. The van der Waals surface area contributed by atoms with Crippen LogP contribution >= 0.6 is 34.9 Å². The molecule has 1 aliphatic rings. The third-order valence-electron chi connectivity index (χ3n) is 3.81. The lowest BCUT2D eigenvalue weighted by atomic mass is 10.2. The molecule has 0 bridgehead atoms. The van der Waals surface area contributed by atoms with Crippen molar-refractivity contribution in [3.63, 3.8) is 0 Å². The normalized spacial score (nSPS) is 15.0. The molecule has 0 radical (unpaired) electrons. The number of rotatable bonds is 6. The number of sulfonamides is 1. The molecule has 12 heteroatoms. The lowest BCUT2D eigenvalue weighted by Gasteiger charge is -2.27. The zero-order valence-electron chi connectivity index (χ0n) is 14.7. The lowest BCUT2D eigenvalue weighted by molar-refractivity contribution is 0.0300. The quantitative estimate of drug-likeness (QED) is 0.674. The zero-order valence-corrected chi connectivity index (χ0v) is 17.9. The van der Waals surface area contributed by atoms with Gasteiger partial charge in [0.2, 0.25) is 5.13 Å². The summed E-state index contributed by atoms with van der Waals surface area (Å²) in [6, 6.07) is 4.56. The molecule has 2 aromatic rings. The van der Waals surface area contributed by atoms with E-state index in [-0.39, 0.29) is 15.9 Å². The summed E-state index contributed by atoms with van der Waals surface area (Å²) in [5, 5.41) is 7.89. The number of hydrogen-bond acceptors (Lipinski definition) is 9. The van der Waals surface area contributed by atoms with Crippen molar-refractivity contribution in [3.05, 3.63) is 23.8 Å². The average molecular weight is 447 g/mol. The fourth-order valence-electron chi connectivity index (χ4n) is 2.47. The van der Waals surface area contributed by atoms with Crippen LogP contribution in [-0.2, 0) is 14.8 Å². The Labute approximate surface area is 170 Å². The molecular formula is C15H18N4O4S4. The summed E-state index contributed by atoms with van der Waals surface area (Å²) in [5.74, 6) is -0.194. The van der Waals surface area contributed by atoms with Crippen LogP contribution in [0.1, 0.15) is 10.4 Å². The van der Waals surface area contributed by atoms with Crippen molar-refractivity contribution >= 4 is 55.9 Å². The lowest BCUT2D eigenvalue weighted by Crippen LogP contribution is -2.40. The number of hydrogen-bond donors (Lipinski definition) is 1. The van der Waals surface area contributed by atoms with Crippen LogP contribution in [-0.4, -0.2) is 68.2 Å². The van der Waals surface area contributed by atoms with Gasteiger partial charge in [-0.3, -0.25) is 9.52 Å². The second kappa shape index (κ2) is 8.78. The van der Waals surface area contributed by atoms with Gasteiger partial charge in [0.05, 0.1) is 23.7 Å². The van der Waals surface area contributed by atoms with Gasteiger partial charge in [0.1, 0.15) is 0 Å². The van der Waals surface area contributed by atoms with Gasteiger partial charge in [0.25, 0.3) is 15.9 Å². The molecule has 3 rings (SSSR count). The van der Waals surface area contributed by atoms with E-state index in [0.717, 1.165) is 16.2 Å². The number of morpholine rings is 1. The number of amides is 1. The molecule has 0 atom stereocenters. The maximum atomic E-state index is 12.9. The van der Waals surface area contributed by atoms with Crippen LogP contribution in [0.2, 0.25) is 0 Å². The molecule has 0 saturated carbocycles. The highest BCUT2D eigenvalue weighted by atomic mass is 32.2. The number of thioether (sulfide) groups is 2. The maximum Gasteiger partial charge on any atom is 0.263 e. The number of benzene rings is 1. The van der Waals surface area contributed by atoms with Gasteiger partial charge in [-0.2, -0.15) is 0 Å². The van der Waals surface area contributed by atoms with Crippen molar-refractivity contribution in [3.8, 4) is 0 Å². The Balaban J connectivity index is 1.90. The Morgan fingerprint density at radius 3 is 2.59 bits per heavy atom. The second-order valence-electron chi connectivity index (χ2n) is 5.45. The summed E-state index contributed by atoms with van der Waals surface area (Å²) < 4.78 is 33.8. The average Bonchev–Trinajstić information content (AvgIpc) is 3.14. The molecule has 0 aliphatic carbocycles. The van der Waals surface area contributed by atoms with Crippen LogP contribution < -0.4 is 4.72 Å². The largest absolute Gasteiger partial charge is 0.378 e. The Bertz CT molecular complexity index is 926. The number of nitrogens with one attached hydrogen (secondary N) is 1. The molecule has 0 unspecified atom stereocenters. The molecule has 1 aromatic carbocycles. The summed E-state index contributed by atoms with van der Waals surface area (Å²) in [7, 11) is -3.88. The third-order valence-corrected chi connectivity index (χ3v) is 7.89. The van der Waals surface area contributed by atoms with Crippen LogP contribution in [0.4, 0.5) is 5.13 Å². The van der Waals surface area contributed by atoms with Crippen molar-refractivity contribution in [1.82, 2.24) is 15.1 Å². The van der Waals surface area contributed by atoms with E-state index in [4.69, 9.17) is 4.74 Å². The number of nitrogens with zero attached hydrogens (tertiary/aromatic N) is 3. The first kappa shape index (κ1) is 20.4. The third kappa shape index (κ3) is 4.74.